The Labute approximate surface area is 136 Å². The first kappa shape index (κ1) is 16.9. The van der Waals surface area contributed by atoms with E-state index in [9.17, 15) is 14.1 Å². The van der Waals surface area contributed by atoms with E-state index in [0.29, 0.717) is 26.7 Å². The van der Waals surface area contributed by atoms with Crippen LogP contribution in [0.5, 0.6) is 0 Å². The fraction of sp³-hybridized carbons (Fsp3) is 0.125. The third-order valence-corrected chi connectivity index (χ3v) is 4.42. The molecular formula is C16H16N2O4S. The van der Waals surface area contributed by atoms with Crippen molar-refractivity contribution in [2.45, 2.75) is 16.7 Å². The number of methoxy groups -OCH3 is 1. The molecule has 0 spiro atoms. The Balaban J connectivity index is 2.27. The smallest absolute Gasteiger partial charge is 0.337 e. The van der Waals surface area contributed by atoms with Crippen molar-refractivity contribution in [3.63, 3.8) is 0 Å². The molecule has 2 aromatic rings. The zero-order chi connectivity index (χ0) is 17.0. The average Bonchev–Trinajstić information content (AvgIpc) is 2.55. The van der Waals surface area contributed by atoms with Crippen molar-refractivity contribution >= 4 is 34.4 Å². The maximum absolute atomic E-state index is 12.6. The molecule has 120 valence electrons. The molecule has 7 heteroatoms. The maximum Gasteiger partial charge on any atom is 0.337 e. The van der Waals surface area contributed by atoms with Crippen molar-refractivity contribution in [2.24, 2.45) is 0 Å². The quantitative estimate of drug-likeness (QED) is 0.507. The lowest BCUT2D eigenvalue weighted by Crippen LogP contribution is -2.10. The van der Waals surface area contributed by atoms with Gasteiger partial charge in [-0.05, 0) is 36.4 Å². The van der Waals surface area contributed by atoms with Crippen LogP contribution < -0.4 is 11.1 Å². The Morgan fingerprint density at radius 3 is 2.30 bits per heavy atom. The van der Waals surface area contributed by atoms with Crippen LogP contribution >= 0.6 is 0 Å². The number of hydrogen-bond acceptors (Lipinski definition) is 5. The Kier molecular flexibility index (Phi) is 5.25. The Morgan fingerprint density at radius 2 is 1.74 bits per heavy atom. The van der Waals surface area contributed by atoms with Crippen LogP contribution in [0.3, 0.4) is 0 Å². The molecule has 6 nitrogen and oxygen atoms in total. The molecule has 0 aliphatic carbocycles. The summed E-state index contributed by atoms with van der Waals surface area (Å²) in [5.41, 5.74) is 6.96. The fourth-order valence-electron chi connectivity index (χ4n) is 1.92. The summed E-state index contributed by atoms with van der Waals surface area (Å²) >= 11 is -1.46. The SMILES string of the molecule is COC(=O)c1ccc([S+]([O-])c2ccc(N)c(NC(C)=O)c2)cc1. The summed E-state index contributed by atoms with van der Waals surface area (Å²) < 4.78 is 17.2. The lowest BCUT2D eigenvalue weighted by molar-refractivity contribution is -0.114. The normalized spacial score (nSPS) is 11.6. The van der Waals surface area contributed by atoms with Crippen LogP contribution in [0, 0.1) is 0 Å². The molecule has 1 unspecified atom stereocenters. The standard InChI is InChI=1S/C16H16N2O4S/c1-10(19)18-15-9-13(7-8-14(15)17)23(21)12-5-3-11(4-6-12)16(20)22-2/h3-9H,17H2,1-2H3,(H,18,19). The number of anilines is 2. The zero-order valence-electron chi connectivity index (χ0n) is 12.7. The maximum atomic E-state index is 12.6. The molecule has 2 rings (SSSR count). The number of nitrogens with one attached hydrogen (secondary N) is 1. The summed E-state index contributed by atoms with van der Waals surface area (Å²) in [6, 6.07) is 11.1. The van der Waals surface area contributed by atoms with Gasteiger partial charge in [-0.1, -0.05) is 0 Å². The van der Waals surface area contributed by atoms with E-state index < -0.39 is 17.1 Å². The highest BCUT2D eigenvalue weighted by atomic mass is 32.2. The van der Waals surface area contributed by atoms with Crippen molar-refractivity contribution < 1.29 is 18.9 Å². The van der Waals surface area contributed by atoms with Gasteiger partial charge in [0.25, 0.3) is 0 Å². The summed E-state index contributed by atoms with van der Waals surface area (Å²) in [6.45, 7) is 1.37. The summed E-state index contributed by atoms with van der Waals surface area (Å²) in [4.78, 5) is 23.6. The minimum atomic E-state index is -1.46. The van der Waals surface area contributed by atoms with Gasteiger partial charge in [0.05, 0.1) is 24.0 Å². The predicted octanol–water partition coefficient (Wildman–Crippen LogP) is 2.18. The number of ether oxygens (including phenoxy) is 1. The second kappa shape index (κ2) is 7.17. The number of rotatable bonds is 4. The summed E-state index contributed by atoms with van der Waals surface area (Å²) in [6.07, 6.45) is 0. The first-order valence-electron chi connectivity index (χ1n) is 6.69. The lowest BCUT2D eigenvalue weighted by Gasteiger charge is -2.13. The van der Waals surface area contributed by atoms with Gasteiger partial charge >= 0.3 is 5.97 Å². The molecule has 0 saturated heterocycles. The molecule has 0 aromatic heterocycles. The number of hydrogen-bond donors (Lipinski definition) is 2. The molecule has 0 aliphatic rings. The van der Waals surface area contributed by atoms with Crippen molar-refractivity contribution in [3.05, 3.63) is 48.0 Å². The van der Waals surface area contributed by atoms with E-state index in [0.717, 1.165) is 0 Å². The van der Waals surface area contributed by atoms with Crippen LogP contribution in [-0.2, 0) is 20.7 Å². The molecule has 0 saturated carbocycles. The Hall–Kier alpha value is -2.51. The lowest BCUT2D eigenvalue weighted by atomic mass is 10.2. The van der Waals surface area contributed by atoms with Crippen LogP contribution in [0.2, 0.25) is 0 Å². The van der Waals surface area contributed by atoms with Gasteiger partial charge in [-0.25, -0.2) is 4.79 Å². The molecule has 1 amide bonds. The molecule has 1 atom stereocenters. The van der Waals surface area contributed by atoms with Gasteiger partial charge in [0.1, 0.15) is 0 Å². The van der Waals surface area contributed by atoms with Crippen LogP contribution in [0.1, 0.15) is 17.3 Å². The minimum absolute atomic E-state index is 0.262. The van der Waals surface area contributed by atoms with Crippen molar-refractivity contribution in [1.29, 1.82) is 0 Å². The molecule has 2 aromatic carbocycles. The third-order valence-electron chi connectivity index (χ3n) is 3.04. The van der Waals surface area contributed by atoms with E-state index in [2.05, 4.69) is 10.1 Å². The molecular weight excluding hydrogens is 316 g/mol. The van der Waals surface area contributed by atoms with Gasteiger partial charge in [-0.15, -0.1) is 0 Å². The highest BCUT2D eigenvalue weighted by molar-refractivity contribution is 7.91. The average molecular weight is 332 g/mol. The summed E-state index contributed by atoms with van der Waals surface area (Å²) in [7, 11) is 1.30. The minimum Gasteiger partial charge on any atom is -0.606 e. The Morgan fingerprint density at radius 1 is 1.13 bits per heavy atom. The van der Waals surface area contributed by atoms with Crippen LogP contribution in [-0.4, -0.2) is 23.5 Å². The van der Waals surface area contributed by atoms with Crippen molar-refractivity contribution in [2.75, 3.05) is 18.2 Å². The van der Waals surface area contributed by atoms with E-state index in [1.807, 2.05) is 0 Å². The first-order chi connectivity index (χ1) is 10.9. The molecule has 23 heavy (non-hydrogen) atoms. The van der Waals surface area contributed by atoms with Gasteiger partial charge < -0.3 is 20.3 Å². The molecule has 0 heterocycles. The summed E-state index contributed by atoms with van der Waals surface area (Å²) in [5.74, 6) is -0.718. The number of amides is 1. The van der Waals surface area contributed by atoms with E-state index >= 15 is 0 Å². The highest BCUT2D eigenvalue weighted by Crippen LogP contribution is 2.27. The van der Waals surface area contributed by atoms with E-state index in [-0.39, 0.29) is 5.91 Å². The number of nitrogens with two attached hydrogens (primary N) is 1. The molecule has 0 radical (unpaired) electrons. The fourth-order valence-corrected chi connectivity index (χ4v) is 2.99. The van der Waals surface area contributed by atoms with E-state index in [1.165, 1.54) is 14.0 Å². The topological polar surface area (TPSA) is 104 Å². The van der Waals surface area contributed by atoms with Crippen LogP contribution in [0.4, 0.5) is 11.4 Å². The van der Waals surface area contributed by atoms with Gasteiger partial charge in [-0.2, -0.15) is 0 Å². The second-order valence-electron chi connectivity index (χ2n) is 4.71. The molecule has 0 fully saturated rings. The monoisotopic (exact) mass is 332 g/mol. The van der Waals surface area contributed by atoms with Crippen LogP contribution in [0.15, 0.2) is 52.3 Å². The van der Waals surface area contributed by atoms with E-state index in [1.54, 1.807) is 42.5 Å². The van der Waals surface area contributed by atoms with Gasteiger partial charge in [0, 0.05) is 24.2 Å². The third kappa shape index (κ3) is 4.02. The molecule has 0 bridgehead atoms. The van der Waals surface area contributed by atoms with Gasteiger partial charge in [0.15, 0.2) is 9.79 Å². The number of carbonyl (C=O) groups is 2. The Bertz CT molecular complexity index is 731. The van der Waals surface area contributed by atoms with Crippen LogP contribution in [0.25, 0.3) is 0 Å². The number of esters is 1. The van der Waals surface area contributed by atoms with Crippen molar-refractivity contribution in [1.82, 2.24) is 0 Å². The predicted molar refractivity (Wildman–Crippen MR) is 87.6 cm³/mol. The summed E-state index contributed by atoms with van der Waals surface area (Å²) in [5, 5.41) is 2.59. The zero-order valence-corrected chi connectivity index (χ0v) is 13.5. The van der Waals surface area contributed by atoms with Gasteiger partial charge in [0.2, 0.25) is 5.91 Å². The molecule has 0 aliphatic heterocycles. The van der Waals surface area contributed by atoms with Crippen molar-refractivity contribution in [3.8, 4) is 0 Å². The molecule has 3 N–H and O–H groups in total. The highest BCUT2D eigenvalue weighted by Gasteiger charge is 2.17. The van der Waals surface area contributed by atoms with Gasteiger partial charge in [-0.3, -0.25) is 4.79 Å². The first-order valence-corrected chi connectivity index (χ1v) is 7.84. The largest absolute Gasteiger partial charge is 0.606 e. The second-order valence-corrected chi connectivity index (χ2v) is 6.20. The number of nitrogen functional groups attached to an aromatic ring is 1. The van der Waals surface area contributed by atoms with E-state index in [4.69, 9.17) is 5.73 Å². The number of benzene rings is 2. The number of carbonyl (C=O) groups excluding carboxylic acids is 2.